The third-order valence-corrected chi connectivity index (χ3v) is 4.58. The van der Waals surface area contributed by atoms with Gasteiger partial charge in [0.05, 0.1) is 11.5 Å². The molecule has 2 fully saturated rings. The molecule has 2 heteroatoms. The van der Waals surface area contributed by atoms with E-state index in [1.54, 1.807) is 0 Å². The molecule has 0 unspecified atom stereocenters. The normalized spacial score (nSPS) is 38.3. The van der Waals surface area contributed by atoms with Crippen LogP contribution in [0.5, 0.6) is 0 Å². The lowest BCUT2D eigenvalue weighted by atomic mass is 9.62. The lowest BCUT2D eigenvalue weighted by Crippen LogP contribution is -2.56. The Morgan fingerprint density at radius 2 is 1.83 bits per heavy atom. The Labute approximate surface area is 109 Å². The number of hydrogen-bond donors (Lipinski definition) is 1. The summed E-state index contributed by atoms with van der Waals surface area (Å²) >= 11 is 0. The standard InChI is InChI=1S/C16H20N2/c1-12-7-14(8-12)18-15-9-16(10-15,11-17)13-5-3-2-4-6-13/h2-6,12,14-15,18H,7-10H2,1H3. The van der Waals surface area contributed by atoms with Crippen LogP contribution in [0.1, 0.15) is 38.2 Å². The fourth-order valence-electron chi connectivity index (χ4n) is 3.42. The van der Waals surface area contributed by atoms with Gasteiger partial charge in [-0.1, -0.05) is 37.3 Å². The second-order valence-electron chi connectivity index (χ2n) is 6.11. The van der Waals surface area contributed by atoms with Crippen LogP contribution in [-0.4, -0.2) is 12.1 Å². The second kappa shape index (κ2) is 4.40. The zero-order valence-corrected chi connectivity index (χ0v) is 10.9. The molecular formula is C16H20N2. The van der Waals surface area contributed by atoms with Crippen LogP contribution in [0.15, 0.2) is 30.3 Å². The third kappa shape index (κ3) is 1.93. The highest BCUT2D eigenvalue weighted by atomic mass is 15.0. The molecule has 0 bridgehead atoms. The first-order chi connectivity index (χ1) is 8.72. The molecule has 0 spiro atoms. The number of hydrogen-bond acceptors (Lipinski definition) is 2. The maximum atomic E-state index is 9.48. The van der Waals surface area contributed by atoms with E-state index in [0.29, 0.717) is 12.1 Å². The van der Waals surface area contributed by atoms with Crippen molar-refractivity contribution < 1.29 is 0 Å². The smallest absolute Gasteiger partial charge is 0.0852 e. The fourth-order valence-corrected chi connectivity index (χ4v) is 3.42. The predicted octanol–water partition coefficient (Wildman–Crippen LogP) is 3.00. The molecule has 2 aliphatic rings. The van der Waals surface area contributed by atoms with Crippen LogP contribution < -0.4 is 5.32 Å². The van der Waals surface area contributed by atoms with Crippen LogP contribution in [0, 0.1) is 17.2 Å². The van der Waals surface area contributed by atoms with Crippen molar-refractivity contribution in [3.8, 4) is 6.07 Å². The van der Waals surface area contributed by atoms with Gasteiger partial charge in [-0.3, -0.25) is 0 Å². The summed E-state index contributed by atoms with van der Waals surface area (Å²) < 4.78 is 0. The summed E-state index contributed by atoms with van der Waals surface area (Å²) in [5.74, 6) is 0.887. The lowest BCUT2D eigenvalue weighted by molar-refractivity contribution is 0.152. The van der Waals surface area contributed by atoms with Gasteiger partial charge in [0, 0.05) is 12.1 Å². The summed E-state index contributed by atoms with van der Waals surface area (Å²) in [4.78, 5) is 0. The van der Waals surface area contributed by atoms with E-state index < -0.39 is 0 Å². The molecule has 0 atom stereocenters. The van der Waals surface area contributed by atoms with E-state index in [1.165, 1.54) is 18.4 Å². The molecule has 18 heavy (non-hydrogen) atoms. The quantitative estimate of drug-likeness (QED) is 0.881. The van der Waals surface area contributed by atoms with Gasteiger partial charge < -0.3 is 5.32 Å². The van der Waals surface area contributed by atoms with Crippen molar-refractivity contribution in [3.63, 3.8) is 0 Å². The van der Waals surface area contributed by atoms with Gasteiger partial charge in [-0.25, -0.2) is 0 Å². The predicted molar refractivity (Wildman–Crippen MR) is 72.1 cm³/mol. The minimum absolute atomic E-state index is 0.228. The van der Waals surface area contributed by atoms with E-state index in [4.69, 9.17) is 0 Å². The summed E-state index contributed by atoms with van der Waals surface area (Å²) in [6.07, 6.45) is 4.56. The van der Waals surface area contributed by atoms with Gasteiger partial charge in [-0.15, -0.1) is 0 Å². The zero-order valence-electron chi connectivity index (χ0n) is 10.9. The number of rotatable bonds is 3. The number of nitriles is 1. The molecule has 2 aliphatic carbocycles. The Balaban J connectivity index is 1.60. The van der Waals surface area contributed by atoms with Crippen LogP contribution in [0.2, 0.25) is 0 Å². The Hall–Kier alpha value is -1.33. The highest BCUT2D eigenvalue weighted by Gasteiger charge is 2.47. The summed E-state index contributed by atoms with van der Waals surface area (Å²) in [7, 11) is 0. The summed E-state index contributed by atoms with van der Waals surface area (Å²) in [6.45, 7) is 2.31. The zero-order chi connectivity index (χ0) is 12.6. The molecule has 0 saturated heterocycles. The Morgan fingerprint density at radius 1 is 1.17 bits per heavy atom. The van der Waals surface area contributed by atoms with Crippen molar-refractivity contribution in [1.29, 1.82) is 5.26 Å². The highest BCUT2D eigenvalue weighted by Crippen LogP contribution is 2.44. The van der Waals surface area contributed by atoms with Crippen molar-refractivity contribution in [1.82, 2.24) is 5.32 Å². The van der Waals surface area contributed by atoms with Crippen molar-refractivity contribution in [2.24, 2.45) is 5.92 Å². The van der Waals surface area contributed by atoms with Crippen molar-refractivity contribution in [2.45, 2.75) is 50.1 Å². The molecule has 0 aliphatic heterocycles. The van der Waals surface area contributed by atoms with Gasteiger partial charge >= 0.3 is 0 Å². The van der Waals surface area contributed by atoms with Crippen LogP contribution >= 0.6 is 0 Å². The SMILES string of the molecule is CC1CC(NC2CC(C#N)(c3ccccc3)C2)C1. The monoisotopic (exact) mass is 240 g/mol. The van der Waals surface area contributed by atoms with Gasteiger partial charge in [0.25, 0.3) is 0 Å². The minimum Gasteiger partial charge on any atom is -0.311 e. The second-order valence-corrected chi connectivity index (χ2v) is 6.11. The molecule has 0 aromatic heterocycles. The average Bonchev–Trinajstić information content (AvgIpc) is 2.32. The lowest BCUT2D eigenvalue weighted by Gasteiger charge is -2.47. The maximum Gasteiger partial charge on any atom is 0.0852 e. The topological polar surface area (TPSA) is 35.8 Å². The van der Waals surface area contributed by atoms with Crippen molar-refractivity contribution in [2.75, 3.05) is 0 Å². The van der Waals surface area contributed by atoms with Gasteiger partial charge in [0.15, 0.2) is 0 Å². The van der Waals surface area contributed by atoms with Gasteiger partial charge in [-0.2, -0.15) is 5.26 Å². The van der Waals surface area contributed by atoms with E-state index in [-0.39, 0.29) is 5.41 Å². The Kier molecular flexibility index (Phi) is 2.87. The molecule has 1 aromatic carbocycles. The minimum atomic E-state index is -0.228. The maximum absolute atomic E-state index is 9.48. The molecule has 94 valence electrons. The molecule has 1 N–H and O–H groups in total. The van der Waals surface area contributed by atoms with Crippen molar-refractivity contribution >= 4 is 0 Å². The first kappa shape index (κ1) is 11.7. The first-order valence-electron chi connectivity index (χ1n) is 6.95. The van der Waals surface area contributed by atoms with E-state index in [1.807, 2.05) is 18.2 Å². The molecule has 3 rings (SSSR count). The number of nitrogens with zero attached hydrogens (tertiary/aromatic N) is 1. The largest absolute Gasteiger partial charge is 0.311 e. The molecule has 0 amide bonds. The first-order valence-corrected chi connectivity index (χ1v) is 6.95. The fraction of sp³-hybridized carbons (Fsp3) is 0.562. The average molecular weight is 240 g/mol. The van der Waals surface area contributed by atoms with Gasteiger partial charge in [0.2, 0.25) is 0 Å². The Bertz CT molecular complexity index is 448. The van der Waals surface area contributed by atoms with E-state index >= 15 is 0 Å². The molecule has 2 saturated carbocycles. The van der Waals surface area contributed by atoms with E-state index in [9.17, 15) is 5.26 Å². The van der Waals surface area contributed by atoms with Gasteiger partial charge in [-0.05, 0) is 37.2 Å². The molecule has 0 radical (unpaired) electrons. The van der Waals surface area contributed by atoms with Crippen LogP contribution in [0.25, 0.3) is 0 Å². The Morgan fingerprint density at radius 3 is 2.39 bits per heavy atom. The summed E-state index contributed by atoms with van der Waals surface area (Å²) in [6, 6.07) is 14.0. The van der Waals surface area contributed by atoms with E-state index in [2.05, 4.69) is 30.4 Å². The highest BCUT2D eigenvalue weighted by molar-refractivity contribution is 5.36. The van der Waals surface area contributed by atoms with E-state index in [0.717, 1.165) is 18.8 Å². The van der Waals surface area contributed by atoms with Gasteiger partial charge in [0.1, 0.15) is 0 Å². The molecule has 1 aromatic rings. The van der Waals surface area contributed by atoms with Crippen LogP contribution in [0.3, 0.4) is 0 Å². The van der Waals surface area contributed by atoms with Crippen molar-refractivity contribution in [3.05, 3.63) is 35.9 Å². The molecular weight excluding hydrogens is 220 g/mol. The summed E-state index contributed by atoms with van der Waals surface area (Å²) in [5, 5.41) is 13.2. The molecule has 0 heterocycles. The van der Waals surface area contributed by atoms with Crippen LogP contribution in [0.4, 0.5) is 0 Å². The number of benzene rings is 1. The van der Waals surface area contributed by atoms with Crippen LogP contribution in [-0.2, 0) is 5.41 Å². The third-order valence-electron chi connectivity index (χ3n) is 4.58. The molecule has 2 nitrogen and oxygen atoms in total. The summed E-state index contributed by atoms with van der Waals surface area (Å²) in [5.41, 5.74) is 0.960. The number of nitrogens with one attached hydrogen (secondary N) is 1.